The lowest BCUT2D eigenvalue weighted by molar-refractivity contribution is 0.402. The van der Waals surface area contributed by atoms with Crippen LogP contribution in [0.15, 0.2) is 0 Å². The van der Waals surface area contributed by atoms with Gasteiger partial charge in [-0.2, -0.15) is 0 Å². The number of nitrogen functional groups attached to an aromatic ring is 1. The van der Waals surface area contributed by atoms with Gasteiger partial charge in [0.25, 0.3) is 0 Å². The Labute approximate surface area is 128 Å². The van der Waals surface area contributed by atoms with Gasteiger partial charge in [0, 0.05) is 11.3 Å². The van der Waals surface area contributed by atoms with Gasteiger partial charge in [-0.1, -0.05) is 27.2 Å². The number of aromatic nitrogens is 2. The predicted molar refractivity (Wildman–Crippen MR) is 86.1 cm³/mol. The molecule has 2 N–H and O–H groups in total. The Hall–Kier alpha value is -0.390. The molecule has 0 amide bonds. The average Bonchev–Trinajstić information content (AvgIpc) is 2.92. The van der Waals surface area contributed by atoms with E-state index in [2.05, 4.69) is 48.3 Å². The number of nitrogens with two attached hydrogens (primary N) is 1. The molecule has 3 atom stereocenters. The van der Waals surface area contributed by atoms with Gasteiger partial charge in [0.2, 0.25) is 0 Å². The SMILES string of the molecule is CC(C)(C)c1nc(C2CC3CCC2C3)nc(N)c1I. The van der Waals surface area contributed by atoms with E-state index in [0.717, 1.165) is 26.9 Å². The molecule has 2 aliphatic rings. The van der Waals surface area contributed by atoms with E-state index < -0.39 is 0 Å². The Balaban J connectivity index is 2.01. The number of fused-ring (bicyclic) bond motifs is 2. The van der Waals surface area contributed by atoms with Gasteiger partial charge in [-0.15, -0.1) is 0 Å². The molecule has 2 aliphatic carbocycles. The maximum Gasteiger partial charge on any atom is 0.140 e. The standard InChI is InChI=1S/C15H22IN3/c1-15(2,3)12-11(16)13(17)19-14(18-12)10-7-8-4-5-9(10)6-8/h8-10H,4-7H2,1-3H3,(H2,17,18,19). The minimum absolute atomic E-state index is 0.0277. The van der Waals surface area contributed by atoms with E-state index in [1.54, 1.807) is 0 Å². The zero-order valence-corrected chi connectivity index (χ0v) is 14.1. The van der Waals surface area contributed by atoms with Crippen molar-refractivity contribution in [2.75, 3.05) is 5.73 Å². The van der Waals surface area contributed by atoms with Crippen molar-refractivity contribution < 1.29 is 0 Å². The van der Waals surface area contributed by atoms with Crippen LogP contribution in [0.3, 0.4) is 0 Å². The van der Waals surface area contributed by atoms with E-state index >= 15 is 0 Å². The lowest BCUT2D eigenvalue weighted by Crippen LogP contribution is -2.22. The lowest BCUT2D eigenvalue weighted by atomic mass is 9.87. The number of rotatable bonds is 1. The topological polar surface area (TPSA) is 51.8 Å². The van der Waals surface area contributed by atoms with E-state index in [4.69, 9.17) is 10.7 Å². The molecule has 3 rings (SSSR count). The summed E-state index contributed by atoms with van der Waals surface area (Å²) in [6, 6.07) is 0. The molecule has 0 aliphatic heterocycles. The quantitative estimate of drug-likeness (QED) is 0.763. The Morgan fingerprint density at radius 3 is 2.42 bits per heavy atom. The molecule has 1 aromatic heterocycles. The summed E-state index contributed by atoms with van der Waals surface area (Å²) in [5.41, 5.74) is 7.26. The van der Waals surface area contributed by atoms with Crippen molar-refractivity contribution in [3.8, 4) is 0 Å². The molecule has 1 heterocycles. The Bertz CT molecular complexity index is 507. The van der Waals surface area contributed by atoms with Crippen LogP contribution in [0.2, 0.25) is 0 Å². The molecular weight excluding hydrogens is 349 g/mol. The van der Waals surface area contributed by atoms with Gasteiger partial charge >= 0.3 is 0 Å². The molecule has 3 unspecified atom stereocenters. The fraction of sp³-hybridized carbons (Fsp3) is 0.733. The van der Waals surface area contributed by atoms with E-state index in [0.29, 0.717) is 11.7 Å². The molecule has 4 heteroatoms. The van der Waals surface area contributed by atoms with Crippen LogP contribution < -0.4 is 5.73 Å². The first-order valence-corrected chi connectivity index (χ1v) is 8.27. The van der Waals surface area contributed by atoms with Gasteiger partial charge in [0.1, 0.15) is 11.6 Å². The summed E-state index contributed by atoms with van der Waals surface area (Å²) in [7, 11) is 0. The maximum absolute atomic E-state index is 6.13. The number of nitrogens with zero attached hydrogens (tertiary/aromatic N) is 2. The molecule has 0 spiro atoms. The van der Waals surface area contributed by atoms with Crippen LogP contribution in [-0.4, -0.2) is 9.97 Å². The van der Waals surface area contributed by atoms with Crippen molar-refractivity contribution in [3.63, 3.8) is 0 Å². The Morgan fingerprint density at radius 1 is 1.16 bits per heavy atom. The summed E-state index contributed by atoms with van der Waals surface area (Å²) in [6.45, 7) is 6.59. The molecule has 2 saturated carbocycles. The summed E-state index contributed by atoms with van der Waals surface area (Å²) in [6.07, 6.45) is 5.42. The molecule has 2 fully saturated rings. The van der Waals surface area contributed by atoms with Crippen molar-refractivity contribution in [1.29, 1.82) is 0 Å². The number of anilines is 1. The van der Waals surface area contributed by atoms with Crippen LogP contribution in [0, 0.1) is 15.4 Å². The monoisotopic (exact) mass is 371 g/mol. The van der Waals surface area contributed by atoms with Gasteiger partial charge in [0.05, 0.1) is 9.26 Å². The van der Waals surface area contributed by atoms with Crippen LogP contribution in [0.5, 0.6) is 0 Å². The van der Waals surface area contributed by atoms with Gasteiger partial charge in [-0.05, 0) is 53.7 Å². The van der Waals surface area contributed by atoms with Gasteiger partial charge in [0.15, 0.2) is 0 Å². The molecule has 0 aromatic carbocycles. The highest BCUT2D eigenvalue weighted by Crippen LogP contribution is 2.52. The molecule has 0 saturated heterocycles. The van der Waals surface area contributed by atoms with Gasteiger partial charge in [-0.25, -0.2) is 9.97 Å². The van der Waals surface area contributed by atoms with Crippen LogP contribution in [0.4, 0.5) is 5.82 Å². The fourth-order valence-corrected chi connectivity index (χ4v) is 4.76. The molecule has 2 bridgehead atoms. The highest BCUT2D eigenvalue weighted by Gasteiger charge is 2.42. The number of hydrogen-bond donors (Lipinski definition) is 1. The smallest absolute Gasteiger partial charge is 0.140 e. The summed E-state index contributed by atoms with van der Waals surface area (Å²) in [4.78, 5) is 9.51. The Kier molecular flexibility index (Phi) is 3.27. The predicted octanol–water partition coefficient (Wildman–Crippen LogP) is 3.86. The Morgan fingerprint density at radius 2 is 1.89 bits per heavy atom. The van der Waals surface area contributed by atoms with Crippen molar-refractivity contribution >= 4 is 28.4 Å². The van der Waals surface area contributed by atoms with E-state index in [9.17, 15) is 0 Å². The average molecular weight is 371 g/mol. The first-order valence-electron chi connectivity index (χ1n) is 7.19. The van der Waals surface area contributed by atoms with Crippen molar-refractivity contribution in [2.45, 2.75) is 57.8 Å². The molecule has 19 heavy (non-hydrogen) atoms. The maximum atomic E-state index is 6.13. The summed E-state index contributed by atoms with van der Waals surface area (Å²) in [5.74, 6) is 3.95. The fourth-order valence-electron chi connectivity index (χ4n) is 3.71. The molecule has 1 aromatic rings. The molecular formula is C15H22IN3. The zero-order chi connectivity index (χ0) is 13.8. The van der Waals surface area contributed by atoms with Crippen molar-refractivity contribution in [1.82, 2.24) is 9.97 Å². The highest BCUT2D eigenvalue weighted by molar-refractivity contribution is 14.1. The third-order valence-electron chi connectivity index (χ3n) is 4.67. The van der Waals surface area contributed by atoms with Crippen LogP contribution >= 0.6 is 22.6 Å². The third-order valence-corrected chi connectivity index (χ3v) is 5.74. The summed E-state index contributed by atoms with van der Waals surface area (Å²) >= 11 is 2.28. The molecule has 0 radical (unpaired) electrons. The van der Waals surface area contributed by atoms with E-state index in [1.807, 2.05) is 0 Å². The van der Waals surface area contributed by atoms with Crippen molar-refractivity contribution in [3.05, 3.63) is 15.1 Å². The lowest BCUT2D eigenvalue weighted by Gasteiger charge is -2.25. The van der Waals surface area contributed by atoms with Gasteiger partial charge < -0.3 is 5.73 Å². The van der Waals surface area contributed by atoms with E-state index in [1.165, 1.54) is 25.7 Å². The first kappa shape index (κ1) is 13.6. The van der Waals surface area contributed by atoms with Crippen LogP contribution in [0.1, 0.15) is 63.9 Å². The summed E-state index contributed by atoms with van der Waals surface area (Å²) < 4.78 is 1.03. The molecule has 3 nitrogen and oxygen atoms in total. The highest BCUT2D eigenvalue weighted by atomic mass is 127. The first-order chi connectivity index (χ1) is 8.86. The van der Waals surface area contributed by atoms with Crippen LogP contribution in [-0.2, 0) is 5.41 Å². The van der Waals surface area contributed by atoms with E-state index in [-0.39, 0.29) is 5.41 Å². The second-order valence-corrected chi connectivity index (χ2v) is 8.24. The number of halogens is 1. The van der Waals surface area contributed by atoms with Gasteiger partial charge in [-0.3, -0.25) is 0 Å². The minimum atomic E-state index is 0.0277. The van der Waals surface area contributed by atoms with Crippen LogP contribution in [0.25, 0.3) is 0 Å². The minimum Gasteiger partial charge on any atom is -0.383 e. The summed E-state index contributed by atoms with van der Waals surface area (Å²) in [5, 5.41) is 0. The molecule has 104 valence electrons. The second kappa shape index (κ2) is 4.57. The number of hydrogen-bond acceptors (Lipinski definition) is 3. The van der Waals surface area contributed by atoms with Crippen molar-refractivity contribution in [2.24, 2.45) is 11.8 Å². The largest absolute Gasteiger partial charge is 0.383 e. The third kappa shape index (κ3) is 2.36. The zero-order valence-electron chi connectivity index (χ0n) is 11.9. The second-order valence-electron chi connectivity index (χ2n) is 7.16. The normalized spacial score (nSPS) is 30.0.